The average molecular weight is 113 g/mol. The second kappa shape index (κ2) is 4.74. The van der Waals surface area contributed by atoms with Gasteiger partial charge in [-0.2, -0.15) is 0 Å². The molecule has 2 atom stereocenters. The summed E-state index contributed by atoms with van der Waals surface area (Å²) in [5.41, 5.74) is 0. The second-order valence-electron chi connectivity index (χ2n) is 0.349. The lowest BCUT2D eigenvalue weighted by Crippen LogP contribution is -1.75. The lowest BCUT2D eigenvalue weighted by Gasteiger charge is -1.84. The van der Waals surface area contributed by atoms with Crippen LogP contribution in [0.3, 0.4) is 0 Å². The first kappa shape index (κ1) is 5.74. The molecular weight excluding hydrogens is 108 g/mol. The number of rotatable bonds is 2. The lowest BCUT2D eigenvalue weighted by atomic mass is 13.9. The summed E-state index contributed by atoms with van der Waals surface area (Å²) in [6.45, 7) is 0. The van der Waals surface area contributed by atoms with Gasteiger partial charge in [-0.1, -0.05) is 0 Å². The van der Waals surface area contributed by atoms with Crippen LogP contribution in [0.15, 0.2) is 0 Å². The molecule has 0 aliphatic carbocycles. The number of hydrogen-bond acceptors (Lipinski definition) is 3. The third-order valence-electron chi connectivity index (χ3n) is 0.112. The maximum absolute atomic E-state index is 7.83. The van der Waals surface area contributed by atoms with Crippen LogP contribution in [0.4, 0.5) is 0 Å². The van der Waals surface area contributed by atoms with Crippen LogP contribution in [0.25, 0.3) is 0 Å². The highest BCUT2D eigenvalue weighted by Crippen LogP contribution is 2.03. The van der Waals surface area contributed by atoms with Gasteiger partial charge in [0.25, 0.3) is 0 Å². The monoisotopic (exact) mass is 113 g/mol. The van der Waals surface area contributed by atoms with Gasteiger partial charge in [-0.05, 0) is 0 Å². The Morgan fingerprint density at radius 2 is 1.60 bits per heavy atom. The molecule has 3 N–H and O–H groups in total. The molecular formula is H5NO2P2. The molecule has 0 radical (unpaired) electrons. The van der Waals surface area contributed by atoms with Crippen LogP contribution >= 0.6 is 17.9 Å². The molecule has 5 heteroatoms. The van der Waals surface area contributed by atoms with Gasteiger partial charge in [0.15, 0.2) is 0 Å². The van der Waals surface area contributed by atoms with Gasteiger partial charge in [0.2, 0.25) is 0 Å². The van der Waals surface area contributed by atoms with Gasteiger partial charge < -0.3 is 9.79 Å². The maximum Gasteiger partial charge on any atom is 0.0876 e. The van der Waals surface area contributed by atoms with Gasteiger partial charge in [0, 0.05) is 0 Å². The standard InChI is InChI=1S/H5NO2P2/c2-4-1-5-3/h1-5H. The Morgan fingerprint density at radius 3 is 1.60 bits per heavy atom. The van der Waals surface area contributed by atoms with E-state index in [-0.39, 0.29) is 17.9 Å². The Bertz CT molecular complexity index is 15.1. The highest BCUT2D eigenvalue weighted by molar-refractivity contribution is 7.45. The molecule has 3 nitrogen and oxygen atoms in total. The van der Waals surface area contributed by atoms with E-state index in [2.05, 4.69) is 4.86 Å². The Hall–Kier alpha value is 0.740. The minimum atomic E-state index is -0.330. The molecule has 0 saturated heterocycles. The molecule has 0 heterocycles. The zero-order valence-electron chi connectivity index (χ0n) is 2.39. The molecule has 0 aromatic carbocycles. The van der Waals surface area contributed by atoms with Gasteiger partial charge in [-0.25, -0.2) is 4.86 Å². The number of hydrogen-bond donors (Lipinski definition) is 3. The average Bonchev–Trinajstić information content (AvgIpc) is 1.41. The van der Waals surface area contributed by atoms with Crippen LogP contribution in [0.5, 0.6) is 0 Å². The Labute approximate surface area is 33.6 Å². The molecule has 0 aromatic heterocycles. The zero-order chi connectivity index (χ0) is 4.12. The Kier molecular flexibility index (Phi) is 5.44. The Morgan fingerprint density at radius 1 is 1.20 bits per heavy atom. The summed E-state index contributed by atoms with van der Waals surface area (Å²) in [6.07, 6.45) is 0. The number of nitrogens with one attached hydrogen (secondary N) is 1. The summed E-state index contributed by atoms with van der Waals surface area (Å²) in [7, 11) is -0.660. The normalized spacial score (nSPS) is 13.2. The van der Waals surface area contributed by atoms with E-state index in [4.69, 9.17) is 9.79 Å². The fourth-order valence-corrected chi connectivity index (χ4v) is 0.225. The van der Waals surface area contributed by atoms with Crippen molar-refractivity contribution in [1.82, 2.24) is 4.86 Å². The Balaban J connectivity index is 2.19. The zero-order valence-corrected chi connectivity index (χ0v) is 4.39. The predicted octanol–water partition coefficient (Wildman–Crippen LogP) is -0.422. The van der Waals surface area contributed by atoms with Crippen LogP contribution < -0.4 is 4.86 Å². The van der Waals surface area contributed by atoms with Crippen molar-refractivity contribution in [2.24, 2.45) is 0 Å². The van der Waals surface area contributed by atoms with E-state index in [0.717, 1.165) is 0 Å². The first-order chi connectivity index (χ1) is 2.41. The van der Waals surface area contributed by atoms with E-state index >= 15 is 0 Å². The van der Waals surface area contributed by atoms with Crippen molar-refractivity contribution in [1.29, 1.82) is 0 Å². The van der Waals surface area contributed by atoms with Crippen LogP contribution in [0, 0.1) is 0 Å². The smallest absolute Gasteiger partial charge is 0.0876 e. The van der Waals surface area contributed by atoms with Crippen LogP contribution in [-0.4, -0.2) is 9.79 Å². The van der Waals surface area contributed by atoms with Crippen molar-refractivity contribution in [3.63, 3.8) is 0 Å². The van der Waals surface area contributed by atoms with Gasteiger partial charge in [-0.15, -0.1) is 0 Å². The quantitative estimate of drug-likeness (QED) is 0.426. The van der Waals surface area contributed by atoms with E-state index in [9.17, 15) is 0 Å². The summed E-state index contributed by atoms with van der Waals surface area (Å²) in [4.78, 5) is 17.9. The summed E-state index contributed by atoms with van der Waals surface area (Å²) in [5.74, 6) is 0. The predicted molar refractivity (Wildman–Crippen MR) is 24.2 cm³/mol. The van der Waals surface area contributed by atoms with Gasteiger partial charge in [-0.3, -0.25) is 0 Å². The molecule has 0 rings (SSSR count). The summed E-state index contributed by atoms with van der Waals surface area (Å²) >= 11 is 0. The van der Waals surface area contributed by atoms with Crippen molar-refractivity contribution < 1.29 is 9.79 Å². The van der Waals surface area contributed by atoms with Crippen molar-refractivity contribution in [2.45, 2.75) is 0 Å². The van der Waals surface area contributed by atoms with Crippen molar-refractivity contribution in [2.75, 3.05) is 0 Å². The third kappa shape index (κ3) is 4.74. The fourth-order valence-electron chi connectivity index (χ4n) is 0.0250. The molecule has 0 bridgehead atoms. The van der Waals surface area contributed by atoms with E-state index in [1.807, 2.05) is 0 Å². The van der Waals surface area contributed by atoms with Gasteiger partial charge >= 0.3 is 0 Å². The molecule has 0 aromatic rings. The van der Waals surface area contributed by atoms with Crippen LogP contribution in [0.1, 0.15) is 0 Å². The fraction of sp³-hybridized carbons (Fsp3) is 0. The molecule has 0 fully saturated rings. The minimum Gasteiger partial charge on any atom is -0.361 e. The summed E-state index contributed by atoms with van der Waals surface area (Å²) in [5, 5.41) is 0. The molecule has 2 unspecified atom stereocenters. The first-order valence-electron chi connectivity index (χ1n) is 0.947. The molecule has 0 aliphatic rings. The van der Waals surface area contributed by atoms with E-state index in [1.54, 1.807) is 0 Å². The van der Waals surface area contributed by atoms with Crippen LogP contribution in [0.2, 0.25) is 0 Å². The second-order valence-corrected chi connectivity index (χ2v) is 1.80. The highest BCUT2D eigenvalue weighted by atomic mass is 31.2. The summed E-state index contributed by atoms with van der Waals surface area (Å²) in [6, 6.07) is 0. The molecule has 0 aliphatic heterocycles. The third-order valence-corrected chi connectivity index (χ3v) is 1.01. The molecule has 32 valence electrons. The van der Waals surface area contributed by atoms with Gasteiger partial charge in [0.1, 0.15) is 0 Å². The molecule has 0 amide bonds. The summed E-state index contributed by atoms with van der Waals surface area (Å²) < 4.78 is 0. The van der Waals surface area contributed by atoms with E-state index < -0.39 is 0 Å². The lowest BCUT2D eigenvalue weighted by molar-refractivity contribution is 0.625. The van der Waals surface area contributed by atoms with Crippen molar-refractivity contribution in [3.05, 3.63) is 0 Å². The minimum absolute atomic E-state index is 0.330. The van der Waals surface area contributed by atoms with E-state index in [0.29, 0.717) is 0 Å². The molecule has 0 spiro atoms. The molecule has 5 heavy (non-hydrogen) atoms. The molecule has 0 saturated carbocycles. The van der Waals surface area contributed by atoms with Gasteiger partial charge in [0.05, 0.1) is 17.9 Å². The first-order valence-corrected chi connectivity index (χ1v) is 2.84. The highest BCUT2D eigenvalue weighted by Gasteiger charge is 1.65. The topological polar surface area (TPSA) is 52.5 Å². The largest absolute Gasteiger partial charge is 0.361 e. The van der Waals surface area contributed by atoms with Crippen LogP contribution in [-0.2, 0) is 0 Å². The SMILES string of the molecule is OPNPO. The van der Waals surface area contributed by atoms with Crippen molar-refractivity contribution >= 4 is 17.9 Å². The van der Waals surface area contributed by atoms with Crippen molar-refractivity contribution in [3.8, 4) is 0 Å². The maximum atomic E-state index is 7.83. The van der Waals surface area contributed by atoms with E-state index in [1.165, 1.54) is 0 Å².